The fraction of sp³-hybridized carbons (Fsp3) is 0.625. The summed E-state index contributed by atoms with van der Waals surface area (Å²) in [5, 5.41) is 0. The summed E-state index contributed by atoms with van der Waals surface area (Å²) in [6.07, 6.45) is -4.72. The molecule has 0 saturated carbocycles. The summed E-state index contributed by atoms with van der Waals surface area (Å²) in [6.45, 7) is 9.99. The molecule has 0 spiro atoms. The van der Waals surface area contributed by atoms with Crippen LogP contribution in [0.2, 0.25) is 0 Å². The van der Waals surface area contributed by atoms with E-state index < -0.39 is 6.36 Å². The van der Waals surface area contributed by atoms with Crippen LogP contribution in [0, 0.1) is 5.92 Å². The van der Waals surface area contributed by atoms with E-state index in [1.807, 2.05) is 7.05 Å². The number of alkyl halides is 3. The fourth-order valence-corrected chi connectivity index (χ4v) is 2.01. The monoisotopic (exact) mass is 333 g/mol. The number of halogens is 3. The quantitative estimate of drug-likeness (QED) is 0.840. The summed E-state index contributed by atoms with van der Waals surface area (Å²) in [6, 6.07) is 4.38. The minimum atomic E-state index is -4.72. The third-order valence-corrected chi connectivity index (χ3v) is 3.09. The van der Waals surface area contributed by atoms with Crippen LogP contribution in [0.1, 0.15) is 20.8 Å². The van der Waals surface area contributed by atoms with Crippen LogP contribution in [0.25, 0.3) is 0 Å². The highest BCUT2D eigenvalue weighted by atomic mass is 19.4. The van der Waals surface area contributed by atoms with Gasteiger partial charge in [-0.2, -0.15) is 0 Å². The Labute approximate surface area is 136 Å². The van der Waals surface area contributed by atoms with Gasteiger partial charge in [-0.15, -0.1) is 13.2 Å². The molecule has 0 aliphatic carbocycles. The average molecular weight is 333 g/mol. The molecule has 0 unspecified atom stereocenters. The van der Waals surface area contributed by atoms with Crippen molar-refractivity contribution in [3.05, 3.63) is 18.2 Å². The smallest absolute Gasteiger partial charge is 0.404 e. The number of likely N-dealkylation sites (N-methyl/N-ethyl adjacent to an activating group) is 1. The Morgan fingerprint density at radius 3 is 2.04 bits per heavy atom. The second-order valence-electron chi connectivity index (χ2n) is 6.29. The second-order valence-corrected chi connectivity index (χ2v) is 6.29. The van der Waals surface area contributed by atoms with Gasteiger partial charge in [-0.25, -0.2) is 0 Å². The molecule has 1 saturated heterocycles. The summed E-state index contributed by atoms with van der Waals surface area (Å²) < 4.78 is 40.2. The Balaban J connectivity index is 0.000000593. The van der Waals surface area contributed by atoms with Crippen molar-refractivity contribution in [2.24, 2.45) is 5.92 Å². The molecule has 1 fully saturated rings. The number of ether oxygens (including phenoxy) is 1. The van der Waals surface area contributed by atoms with Crippen molar-refractivity contribution in [3.63, 3.8) is 0 Å². The van der Waals surface area contributed by atoms with E-state index in [-0.39, 0.29) is 11.4 Å². The number of anilines is 2. The summed E-state index contributed by atoms with van der Waals surface area (Å²) in [7, 11) is 2.03. The van der Waals surface area contributed by atoms with Crippen LogP contribution < -0.4 is 15.4 Å². The molecule has 0 atom stereocenters. The third kappa shape index (κ3) is 7.45. The van der Waals surface area contributed by atoms with Crippen LogP contribution in [0.3, 0.4) is 0 Å². The molecule has 0 amide bonds. The molecule has 1 aromatic rings. The number of benzene rings is 1. The second kappa shape index (κ2) is 8.29. The molecule has 1 aliphatic heterocycles. The van der Waals surface area contributed by atoms with Crippen LogP contribution in [-0.4, -0.2) is 44.5 Å². The lowest BCUT2D eigenvalue weighted by atomic mass is 10.2. The number of rotatable bonds is 2. The van der Waals surface area contributed by atoms with E-state index in [9.17, 15) is 13.2 Å². The normalized spacial score (nSPS) is 16.1. The maximum Gasteiger partial charge on any atom is 0.573 e. The number of nitrogens with zero attached hydrogens (tertiary/aromatic N) is 2. The standard InChI is InChI=1S/C12H16F3N3O.C4H10/c1-17-4-6-18(7-5-17)9-2-3-11(10(16)8-9)19-12(13,14)15;1-4(2)3/h2-3,8H,4-7,16H2,1H3;4H,1-3H3. The molecule has 0 radical (unpaired) electrons. The van der Waals surface area contributed by atoms with Gasteiger partial charge < -0.3 is 20.3 Å². The first-order chi connectivity index (χ1) is 10.6. The van der Waals surface area contributed by atoms with Gasteiger partial charge in [0.25, 0.3) is 0 Å². The van der Waals surface area contributed by atoms with Crippen molar-refractivity contribution in [1.29, 1.82) is 0 Å². The lowest BCUT2D eigenvalue weighted by Crippen LogP contribution is -2.44. The SMILES string of the molecule is CC(C)C.CN1CCN(c2ccc(OC(F)(F)F)c(N)c2)CC1. The maximum atomic E-state index is 12.1. The summed E-state index contributed by atoms with van der Waals surface area (Å²) >= 11 is 0. The largest absolute Gasteiger partial charge is 0.573 e. The molecule has 132 valence electrons. The Hall–Kier alpha value is -1.63. The predicted octanol–water partition coefficient (Wildman–Crippen LogP) is 3.58. The van der Waals surface area contributed by atoms with Crippen LogP contribution in [-0.2, 0) is 0 Å². The van der Waals surface area contributed by atoms with Gasteiger partial charge in [-0.3, -0.25) is 0 Å². The van der Waals surface area contributed by atoms with Crippen molar-refractivity contribution in [2.75, 3.05) is 43.9 Å². The molecular formula is C16H26F3N3O. The van der Waals surface area contributed by atoms with E-state index >= 15 is 0 Å². The highest BCUT2D eigenvalue weighted by Gasteiger charge is 2.32. The van der Waals surface area contributed by atoms with Crippen molar-refractivity contribution in [1.82, 2.24) is 4.90 Å². The zero-order valence-corrected chi connectivity index (χ0v) is 14.2. The van der Waals surface area contributed by atoms with Gasteiger partial charge in [-0.05, 0) is 31.2 Å². The molecular weight excluding hydrogens is 307 g/mol. The molecule has 2 rings (SSSR count). The Bertz CT molecular complexity index is 481. The van der Waals surface area contributed by atoms with Crippen LogP contribution in [0.4, 0.5) is 24.5 Å². The zero-order valence-electron chi connectivity index (χ0n) is 14.2. The van der Waals surface area contributed by atoms with Gasteiger partial charge in [-0.1, -0.05) is 20.8 Å². The van der Waals surface area contributed by atoms with Crippen molar-refractivity contribution < 1.29 is 17.9 Å². The maximum absolute atomic E-state index is 12.1. The van der Waals surface area contributed by atoms with E-state index in [2.05, 4.69) is 35.3 Å². The van der Waals surface area contributed by atoms with Gasteiger partial charge >= 0.3 is 6.36 Å². The van der Waals surface area contributed by atoms with Gasteiger partial charge in [0.1, 0.15) is 0 Å². The molecule has 0 aromatic heterocycles. The van der Waals surface area contributed by atoms with E-state index in [4.69, 9.17) is 5.73 Å². The van der Waals surface area contributed by atoms with E-state index in [0.717, 1.165) is 37.8 Å². The number of piperazine rings is 1. The summed E-state index contributed by atoms with van der Waals surface area (Å²) in [5.74, 6) is 0.477. The zero-order chi connectivity index (χ0) is 17.6. The Morgan fingerprint density at radius 1 is 1.09 bits per heavy atom. The molecule has 7 heteroatoms. The Kier molecular flexibility index (Phi) is 7.00. The minimum absolute atomic E-state index is 0.00578. The lowest BCUT2D eigenvalue weighted by Gasteiger charge is -2.34. The number of hydrogen-bond donors (Lipinski definition) is 1. The van der Waals surface area contributed by atoms with E-state index in [0.29, 0.717) is 0 Å². The first kappa shape index (κ1) is 19.4. The molecule has 1 heterocycles. The van der Waals surface area contributed by atoms with Crippen LogP contribution in [0.15, 0.2) is 18.2 Å². The molecule has 1 aliphatic rings. The number of nitrogens with two attached hydrogens (primary N) is 1. The molecule has 0 bridgehead atoms. The highest BCUT2D eigenvalue weighted by molar-refractivity contribution is 5.63. The third-order valence-electron chi connectivity index (χ3n) is 3.09. The summed E-state index contributed by atoms with van der Waals surface area (Å²) in [5.41, 5.74) is 6.41. The topological polar surface area (TPSA) is 41.7 Å². The molecule has 1 aromatic carbocycles. The number of hydrogen-bond acceptors (Lipinski definition) is 4. The first-order valence-electron chi connectivity index (χ1n) is 7.67. The lowest BCUT2D eigenvalue weighted by molar-refractivity contribution is -0.274. The van der Waals surface area contributed by atoms with Crippen LogP contribution >= 0.6 is 0 Å². The predicted molar refractivity (Wildman–Crippen MR) is 87.8 cm³/mol. The van der Waals surface area contributed by atoms with Gasteiger partial charge in [0.2, 0.25) is 0 Å². The van der Waals surface area contributed by atoms with Gasteiger partial charge in [0.15, 0.2) is 5.75 Å². The number of nitrogen functional groups attached to an aromatic ring is 1. The highest BCUT2D eigenvalue weighted by Crippen LogP contribution is 2.31. The van der Waals surface area contributed by atoms with Gasteiger partial charge in [0.05, 0.1) is 5.69 Å². The van der Waals surface area contributed by atoms with Crippen LogP contribution in [0.5, 0.6) is 5.75 Å². The molecule has 2 N–H and O–H groups in total. The fourth-order valence-electron chi connectivity index (χ4n) is 2.01. The van der Waals surface area contributed by atoms with Crippen molar-refractivity contribution in [2.45, 2.75) is 27.1 Å². The van der Waals surface area contributed by atoms with Gasteiger partial charge in [0, 0.05) is 31.9 Å². The molecule has 4 nitrogen and oxygen atoms in total. The van der Waals surface area contributed by atoms with E-state index in [1.54, 1.807) is 6.07 Å². The van der Waals surface area contributed by atoms with Crippen molar-refractivity contribution >= 4 is 11.4 Å². The first-order valence-corrected chi connectivity index (χ1v) is 7.67. The van der Waals surface area contributed by atoms with E-state index in [1.165, 1.54) is 12.1 Å². The average Bonchev–Trinajstić information content (AvgIpc) is 2.40. The summed E-state index contributed by atoms with van der Waals surface area (Å²) in [4.78, 5) is 4.29. The minimum Gasteiger partial charge on any atom is -0.404 e. The van der Waals surface area contributed by atoms with Crippen molar-refractivity contribution in [3.8, 4) is 5.75 Å². The Morgan fingerprint density at radius 2 is 1.61 bits per heavy atom. The molecule has 23 heavy (non-hydrogen) atoms.